The van der Waals surface area contributed by atoms with E-state index in [0.717, 1.165) is 0 Å². The van der Waals surface area contributed by atoms with E-state index in [1.54, 1.807) is 12.1 Å². The SMILES string of the molecule is ClC1=NC(Cl)(Cl)c2cc(Cl)c(Cl)cc21. The summed E-state index contributed by atoms with van der Waals surface area (Å²) in [5, 5.41) is 1.01. The fourth-order valence-corrected chi connectivity index (χ4v) is 2.39. The minimum Gasteiger partial charge on any atom is -0.229 e. The highest BCUT2D eigenvalue weighted by molar-refractivity contribution is 6.72. The van der Waals surface area contributed by atoms with Crippen molar-refractivity contribution in [3.63, 3.8) is 0 Å². The number of hydrogen-bond donors (Lipinski definition) is 0. The van der Waals surface area contributed by atoms with Crippen LogP contribution in [0.5, 0.6) is 0 Å². The fraction of sp³-hybridized carbons (Fsp3) is 0.125. The zero-order chi connectivity index (χ0) is 10.5. The Balaban J connectivity index is 2.71. The van der Waals surface area contributed by atoms with Crippen LogP contribution in [0, 0.1) is 0 Å². The first-order chi connectivity index (χ1) is 6.42. The van der Waals surface area contributed by atoms with E-state index in [2.05, 4.69) is 4.99 Å². The van der Waals surface area contributed by atoms with Crippen molar-refractivity contribution < 1.29 is 0 Å². The summed E-state index contributed by atoms with van der Waals surface area (Å²) in [4.78, 5) is 3.87. The lowest BCUT2D eigenvalue weighted by atomic mass is 10.1. The summed E-state index contributed by atoms with van der Waals surface area (Å²) in [5.41, 5.74) is 1.17. The molecule has 14 heavy (non-hydrogen) atoms. The summed E-state index contributed by atoms with van der Waals surface area (Å²) in [7, 11) is 0. The number of halogens is 5. The largest absolute Gasteiger partial charge is 0.235 e. The van der Waals surface area contributed by atoms with Crippen LogP contribution in [0.2, 0.25) is 10.0 Å². The number of benzene rings is 1. The molecule has 0 aliphatic carbocycles. The molecule has 0 radical (unpaired) electrons. The van der Waals surface area contributed by atoms with Gasteiger partial charge in [-0.1, -0.05) is 58.0 Å². The molecule has 0 atom stereocenters. The second-order valence-corrected chi connectivity index (χ2v) is 5.22. The van der Waals surface area contributed by atoms with Gasteiger partial charge in [0.15, 0.2) is 0 Å². The van der Waals surface area contributed by atoms with Crippen LogP contribution in [0.15, 0.2) is 17.1 Å². The van der Waals surface area contributed by atoms with Crippen molar-refractivity contribution in [3.8, 4) is 0 Å². The van der Waals surface area contributed by atoms with Gasteiger partial charge in [-0.25, -0.2) is 4.99 Å². The van der Waals surface area contributed by atoms with E-state index >= 15 is 0 Å². The molecule has 6 heteroatoms. The van der Waals surface area contributed by atoms with Crippen molar-refractivity contribution in [2.45, 2.75) is 4.46 Å². The molecule has 1 heterocycles. The maximum atomic E-state index is 5.91. The Kier molecular flexibility index (Phi) is 2.66. The van der Waals surface area contributed by atoms with E-state index in [-0.39, 0.29) is 5.17 Å². The molecular formula is C8H2Cl5N. The Morgan fingerprint density at radius 3 is 2.21 bits per heavy atom. The van der Waals surface area contributed by atoms with Crippen molar-refractivity contribution >= 4 is 63.2 Å². The lowest BCUT2D eigenvalue weighted by Crippen LogP contribution is -2.02. The van der Waals surface area contributed by atoms with Gasteiger partial charge in [0.05, 0.1) is 10.0 Å². The molecule has 0 N–H and O–H groups in total. The van der Waals surface area contributed by atoms with Gasteiger partial charge in [0, 0.05) is 11.1 Å². The zero-order valence-electron chi connectivity index (χ0n) is 6.49. The first-order valence-electron chi connectivity index (χ1n) is 3.55. The molecule has 0 unspecified atom stereocenters. The first kappa shape index (κ1) is 10.8. The summed E-state index contributed by atoms with van der Waals surface area (Å²) in [6, 6.07) is 3.16. The second kappa shape index (κ2) is 3.43. The molecule has 0 bridgehead atoms. The summed E-state index contributed by atoms with van der Waals surface area (Å²) in [5.74, 6) is 0. The Labute approximate surface area is 106 Å². The average Bonchev–Trinajstić information content (AvgIpc) is 2.26. The monoisotopic (exact) mass is 287 g/mol. The summed E-state index contributed by atoms with van der Waals surface area (Å²) in [6.45, 7) is 0. The van der Waals surface area contributed by atoms with Crippen LogP contribution in [0.4, 0.5) is 0 Å². The Bertz CT molecular complexity index is 438. The first-order valence-corrected chi connectivity index (χ1v) is 5.44. The molecule has 1 aromatic rings. The molecule has 0 aromatic heterocycles. The van der Waals surface area contributed by atoms with Gasteiger partial charge in [-0.15, -0.1) is 0 Å². The molecule has 0 spiro atoms. The fourth-order valence-electron chi connectivity index (χ4n) is 1.21. The quantitative estimate of drug-likeness (QED) is 0.489. The molecule has 1 nitrogen and oxygen atoms in total. The van der Waals surface area contributed by atoms with Crippen LogP contribution in [-0.2, 0) is 4.46 Å². The van der Waals surface area contributed by atoms with Crippen molar-refractivity contribution in [1.82, 2.24) is 0 Å². The smallest absolute Gasteiger partial charge is 0.229 e. The van der Waals surface area contributed by atoms with Crippen LogP contribution in [0.25, 0.3) is 0 Å². The Hall–Kier alpha value is 0.340. The van der Waals surface area contributed by atoms with Crippen LogP contribution < -0.4 is 0 Å². The topological polar surface area (TPSA) is 12.4 Å². The van der Waals surface area contributed by atoms with E-state index in [1.807, 2.05) is 0 Å². The molecule has 0 saturated heterocycles. The van der Waals surface area contributed by atoms with Crippen LogP contribution in [0.3, 0.4) is 0 Å². The average molecular weight is 289 g/mol. The molecular weight excluding hydrogens is 287 g/mol. The number of nitrogens with zero attached hydrogens (tertiary/aromatic N) is 1. The Morgan fingerprint density at radius 2 is 1.57 bits per heavy atom. The zero-order valence-corrected chi connectivity index (χ0v) is 10.3. The number of alkyl halides is 2. The predicted octanol–water partition coefficient (Wildman–Crippen LogP) is 4.58. The molecule has 1 aromatic carbocycles. The van der Waals surface area contributed by atoms with Crippen molar-refractivity contribution in [2.75, 3.05) is 0 Å². The molecule has 0 fully saturated rings. The van der Waals surface area contributed by atoms with Gasteiger partial charge in [0.1, 0.15) is 5.17 Å². The summed E-state index contributed by atoms with van der Waals surface area (Å²) >= 11 is 29.3. The molecule has 1 aliphatic rings. The standard InChI is InChI=1S/C8H2Cl5N/c9-5-1-3-4(2-6(5)10)8(12,13)14-7(3)11/h1-2H. The number of aliphatic imine (C=N–C) groups is 1. The minimum absolute atomic E-state index is 0.239. The molecule has 2 rings (SSSR count). The third-order valence-electron chi connectivity index (χ3n) is 1.85. The maximum absolute atomic E-state index is 5.91. The van der Waals surface area contributed by atoms with Crippen molar-refractivity contribution in [1.29, 1.82) is 0 Å². The molecule has 1 aliphatic heterocycles. The van der Waals surface area contributed by atoms with Gasteiger partial charge < -0.3 is 0 Å². The van der Waals surface area contributed by atoms with E-state index in [9.17, 15) is 0 Å². The van der Waals surface area contributed by atoms with E-state index in [1.165, 1.54) is 0 Å². The third kappa shape index (κ3) is 1.62. The summed E-state index contributed by atoms with van der Waals surface area (Å²) in [6.07, 6.45) is 0. The normalized spacial score (nSPS) is 17.9. The number of rotatable bonds is 0. The lowest BCUT2D eigenvalue weighted by molar-refractivity contribution is 0.949. The molecule has 0 saturated carbocycles. The third-order valence-corrected chi connectivity index (χ3v) is 3.43. The lowest BCUT2D eigenvalue weighted by Gasteiger charge is -2.10. The van der Waals surface area contributed by atoms with Gasteiger partial charge >= 0.3 is 0 Å². The van der Waals surface area contributed by atoms with E-state index in [4.69, 9.17) is 58.0 Å². The van der Waals surface area contributed by atoms with Crippen LogP contribution in [-0.4, -0.2) is 5.17 Å². The molecule has 74 valence electrons. The highest BCUT2D eigenvalue weighted by Crippen LogP contribution is 2.45. The number of fused-ring (bicyclic) bond motifs is 1. The van der Waals surface area contributed by atoms with Gasteiger partial charge in [-0.2, -0.15) is 0 Å². The highest BCUT2D eigenvalue weighted by Gasteiger charge is 2.36. The highest BCUT2D eigenvalue weighted by atomic mass is 35.5. The van der Waals surface area contributed by atoms with Gasteiger partial charge in [0.25, 0.3) is 0 Å². The van der Waals surface area contributed by atoms with E-state index < -0.39 is 4.46 Å². The predicted molar refractivity (Wildman–Crippen MR) is 62.2 cm³/mol. The maximum Gasteiger partial charge on any atom is 0.235 e. The van der Waals surface area contributed by atoms with Gasteiger partial charge in [-0.05, 0) is 12.1 Å². The van der Waals surface area contributed by atoms with E-state index in [0.29, 0.717) is 21.2 Å². The Morgan fingerprint density at radius 1 is 1.00 bits per heavy atom. The number of hydrogen-bond acceptors (Lipinski definition) is 1. The van der Waals surface area contributed by atoms with Gasteiger partial charge in [-0.3, -0.25) is 0 Å². The summed E-state index contributed by atoms with van der Waals surface area (Å²) < 4.78 is -1.36. The van der Waals surface area contributed by atoms with Crippen LogP contribution >= 0.6 is 58.0 Å². The van der Waals surface area contributed by atoms with Crippen molar-refractivity contribution in [2.24, 2.45) is 4.99 Å². The second-order valence-electron chi connectivity index (χ2n) is 2.76. The van der Waals surface area contributed by atoms with Gasteiger partial charge in [0.2, 0.25) is 4.46 Å². The minimum atomic E-state index is -1.36. The van der Waals surface area contributed by atoms with Crippen LogP contribution in [0.1, 0.15) is 11.1 Å². The van der Waals surface area contributed by atoms with Crippen molar-refractivity contribution in [3.05, 3.63) is 33.3 Å². The molecule has 0 amide bonds.